The lowest BCUT2D eigenvalue weighted by Gasteiger charge is -2.18. The van der Waals surface area contributed by atoms with Crippen molar-refractivity contribution in [2.24, 2.45) is 0 Å². The second-order valence-corrected chi connectivity index (χ2v) is 6.42. The highest BCUT2D eigenvalue weighted by Gasteiger charge is 2.18. The maximum absolute atomic E-state index is 12.5. The van der Waals surface area contributed by atoms with E-state index in [-0.39, 0.29) is 24.1 Å². The van der Waals surface area contributed by atoms with Crippen LogP contribution in [0.25, 0.3) is 10.9 Å². The Kier molecular flexibility index (Phi) is 4.07. The van der Waals surface area contributed by atoms with Crippen LogP contribution in [0.3, 0.4) is 0 Å². The van der Waals surface area contributed by atoms with E-state index in [4.69, 9.17) is 4.74 Å². The minimum absolute atomic E-state index is 0.00304. The number of thioether (sulfide) groups is 1. The second-order valence-electron chi connectivity index (χ2n) is 5.46. The summed E-state index contributed by atoms with van der Waals surface area (Å²) in [6, 6.07) is 12.7. The number of amides is 1. The van der Waals surface area contributed by atoms with Gasteiger partial charge in [0.1, 0.15) is 17.1 Å². The third kappa shape index (κ3) is 3.18. The molecule has 1 N–H and O–H groups in total. The molecule has 0 spiro atoms. The standard InChI is InChI=1S/C18H13N3O3S/c22-15(11-5-6-16-14(7-11)21-17(23)8-24-16)9-25-18-12-3-1-2-4-13(12)19-10-20-18/h1-7,10H,8-9H2,(H,21,23). The van der Waals surface area contributed by atoms with Crippen LogP contribution >= 0.6 is 11.8 Å². The summed E-state index contributed by atoms with van der Waals surface area (Å²) >= 11 is 1.37. The number of ketones is 1. The predicted molar refractivity (Wildman–Crippen MR) is 95.2 cm³/mol. The van der Waals surface area contributed by atoms with Crippen molar-refractivity contribution in [3.05, 3.63) is 54.4 Å². The second kappa shape index (κ2) is 6.52. The fourth-order valence-corrected chi connectivity index (χ4v) is 3.45. The Morgan fingerprint density at radius 2 is 2.08 bits per heavy atom. The van der Waals surface area contributed by atoms with Crippen molar-refractivity contribution in [3.63, 3.8) is 0 Å². The SMILES string of the molecule is O=C1COc2ccc(C(=O)CSc3ncnc4ccccc34)cc2N1. The van der Waals surface area contributed by atoms with Gasteiger partial charge in [-0.3, -0.25) is 9.59 Å². The van der Waals surface area contributed by atoms with Gasteiger partial charge in [0.2, 0.25) is 0 Å². The van der Waals surface area contributed by atoms with Gasteiger partial charge < -0.3 is 10.1 Å². The number of Topliss-reactive ketones (excluding diaryl/α,β-unsaturated/α-hetero) is 1. The fourth-order valence-electron chi connectivity index (χ4n) is 2.57. The molecular weight excluding hydrogens is 338 g/mol. The number of carbonyl (C=O) groups is 2. The molecular formula is C18H13N3O3S. The monoisotopic (exact) mass is 351 g/mol. The van der Waals surface area contributed by atoms with Gasteiger partial charge in [0.15, 0.2) is 12.4 Å². The van der Waals surface area contributed by atoms with Crippen molar-refractivity contribution in [2.75, 3.05) is 17.7 Å². The van der Waals surface area contributed by atoms with Crippen molar-refractivity contribution in [1.29, 1.82) is 0 Å². The summed E-state index contributed by atoms with van der Waals surface area (Å²) in [5.41, 5.74) is 1.90. The predicted octanol–water partition coefficient (Wildman–Crippen LogP) is 2.94. The highest BCUT2D eigenvalue weighted by atomic mass is 32.2. The van der Waals surface area contributed by atoms with Crippen LogP contribution < -0.4 is 10.1 Å². The molecule has 4 rings (SSSR count). The first-order valence-electron chi connectivity index (χ1n) is 7.63. The van der Waals surface area contributed by atoms with Gasteiger partial charge in [-0.15, -0.1) is 0 Å². The average Bonchev–Trinajstić information content (AvgIpc) is 2.65. The van der Waals surface area contributed by atoms with Gasteiger partial charge in [-0.1, -0.05) is 30.0 Å². The third-order valence-electron chi connectivity index (χ3n) is 3.78. The number of carbonyl (C=O) groups excluding carboxylic acids is 2. The number of aromatic nitrogens is 2. The van der Waals surface area contributed by atoms with E-state index in [9.17, 15) is 9.59 Å². The highest BCUT2D eigenvalue weighted by molar-refractivity contribution is 8.00. The van der Waals surface area contributed by atoms with Crippen molar-refractivity contribution >= 4 is 40.0 Å². The minimum Gasteiger partial charge on any atom is -0.482 e. The molecule has 1 amide bonds. The van der Waals surface area contributed by atoms with Gasteiger partial charge in [-0.25, -0.2) is 9.97 Å². The first-order valence-corrected chi connectivity index (χ1v) is 8.62. The molecule has 1 aliphatic heterocycles. The number of hydrogen-bond donors (Lipinski definition) is 1. The minimum atomic E-state index is -0.223. The molecule has 25 heavy (non-hydrogen) atoms. The maximum Gasteiger partial charge on any atom is 0.262 e. The van der Waals surface area contributed by atoms with Crippen LogP contribution in [0.4, 0.5) is 5.69 Å². The zero-order chi connectivity index (χ0) is 17.2. The van der Waals surface area contributed by atoms with E-state index in [0.717, 1.165) is 15.9 Å². The van der Waals surface area contributed by atoms with E-state index < -0.39 is 0 Å². The first kappa shape index (κ1) is 15.6. The average molecular weight is 351 g/mol. The van der Waals surface area contributed by atoms with Crippen molar-refractivity contribution in [2.45, 2.75) is 5.03 Å². The molecule has 0 unspecified atom stereocenters. The molecule has 7 heteroatoms. The molecule has 0 bridgehead atoms. The molecule has 124 valence electrons. The first-order chi connectivity index (χ1) is 12.2. The number of fused-ring (bicyclic) bond motifs is 2. The summed E-state index contributed by atoms with van der Waals surface area (Å²) in [4.78, 5) is 32.4. The van der Waals surface area contributed by atoms with Crippen molar-refractivity contribution in [3.8, 4) is 5.75 Å². The van der Waals surface area contributed by atoms with E-state index in [1.54, 1.807) is 18.2 Å². The summed E-state index contributed by atoms with van der Waals surface area (Å²) in [6.07, 6.45) is 1.50. The quantitative estimate of drug-likeness (QED) is 0.442. The third-order valence-corrected chi connectivity index (χ3v) is 4.79. The van der Waals surface area contributed by atoms with E-state index in [1.165, 1.54) is 18.1 Å². The largest absolute Gasteiger partial charge is 0.482 e. The molecule has 0 saturated carbocycles. The van der Waals surface area contributed by atoms with Gasteiger partial charge in [0, 0.05) is 10.9 Å². The molecule has 2 heterocycles. The van der Waals surface area contributed by atoms with Crippen molar-refractivity contribution in [1.82, 2.24) is 9.97 Å². The zero-order valence-electron chi connectivity index (χ0n) is 13.1. The van der Waals surface area contributed by atoms with E-state index in [1.807, 2.05) is 24.3 Å². The Labute approximate surface area is 147 Å². The molecule has 0 atom stereocenters. The molecule has 0 aliphatic carbocycles. The van der Waals surface area contributed by atoms with Crippen molar-refractivity contribution < 1.29 is 14.3 Å². The number of ether oxygens (including phenoxy) is 1. The van der Waals surface area contributed by atoms with Gasteiger partial charge in [-0.05, 0) is 24.3 Å². The lowest BCUT2D eigenvalue weighted by molar-refractivity contribution is -0.118. The molecule has 0 radical (unpaired) electrons. The normalized spacial score (nSPS) is 13.0. The van der Waals surface area contributed by atoms with Crippen LogP contribution in [0, 0.1) is 0 Å². The highest BCUT2D eigenvalue weighted by Crippen LogP contribution is 2.30. The van der Waals surface area contributed by atoms with Crippen LogP contribution in [0.15, 0.2) is 53.8 Å². The van der Waals surface area contributed by atoms with Gasteiger partial charge in [-0.2, -0.15) is 0 Å². The molecule has 6 nitrogen and oxygen atoms in total. The Morgan fingerprint density at radius 3 is 3.00 bits per heavy atom. The number of para-hydroxylation sites is 1. The fraction of sp³-hybridized carbons (Fsp3) is 0.111. The summed E-state index contributed by atoms with van der Waals surface area (Å²) in [7, 11) is 0. The van der Waals surface area contributed by atoms with Crippen LogP contribution in [-0.4, -0.2) is 34.0 Å². The van der Waals surface area contributed by atoms with E-state index >= 15 is 0 Å². The van der Waals surface area contributed by atoms with Crippen LogP contribution in [-0.2, 0) is 4.79 Å². The summed E-state index contributed by atoms with van der Waals surface area (Å²) in [5.74, 6) is 0.550. The number of hydrogen-bond acceptors (Lipinski definition) is 6. The smallest absolute Gasteiger partial charge is 0.262 e. The van der Waals surface area contributed by atoms with Crippen LogP contribution in [0.2, 0.25) is 0 Å². The Morgan fingerprint density at radius 1 is 1.20 bits per heavy atom. The molecule has 2 aromatic carbocycles. The van der Waals surface area contributed by atoms with Gasteiger partial charge >= 0.3 is 0 Å². The molecule has 0 saturated heterocycles. The Balaban J connectivity index is 1.52. The molecule has 1 aromatic heterocycles. The zero-order valence-corrected chi connectivity index (χ0v) is 13.9. The van der Waals surface area contributed by atoms with E-state index in [2.05, 4.69) is 15.3 Å². The van der Waals surface area contributed by atoms with Gasteiger partial charge in [0.25, 0.3) is 5.91 Å². The lowest BCUT2D eigenvalue weighted by Crippen LogP contribution is -2.25. The number of rotatable bonds is 4. The molecule has 1 aliphatic rings. The number of anilines is 1. The van der Waals surface area contributed by atoms with Crippen LogP contribution in [0.5, 0.6) is 5.75 Å². The van der Waals surface area contributed by atoms with Gasteiger partial charge in [0.05, 0.1) is 17.0 Å². The number of nitrogens with zero attached hydrogens (tertiary/aromatic N) is 2. The molecule has 0 fully saturated rings. The lowest BCUT2D eigenvalue weighted by atomic mass is 10.1. The van der Waals surface area contributed by atoms with E-state index in [0.29, 0.717) is 17.0 Å². The Hall–Kier alpha value is -2.93. The summed E-state index contributed by atoms with van der Waals surface area (Å²) < 4.78 is 5.30. The topological polar surface area (TPSA) is 81.2 Å². The molecule has 3 aromatic rings. The summed E-state index contributed by atoms with van der Waals surface area (Å²) in [6.45, 7) is -0.00304. The summed E-state index contributed by atoms with van der Waals surface area (Å²) in [5, 5.41) is 4.41. The van der Waals surface area contributed by atoms with Crippen LogP contribution in [0.1, 0.15) is 10.4 Å². The number of benzene rings is 2. The maximum atomic E-state index is 12.5. The number of nitrogens with one attached hydrogen (secondary N) is 1. The Bertz CT molecular complexity index is 985.